The number of fused-ring (bicyclic) bond motifs is 2. The van der Waals surface area contributed by atoms with Crippen LogP contribution in [0.25, 0.3) is 34.4 Å². The first-order valence-electron chi connectivity index (χ1n) is 11.0. The SMILES string of the molecule is C(=C1/CCc2c1nc1c(c2-c2cccnc2)CC/C1=C\c1cccnc1)/c1cccnc1. The molecule has 154 valence electrons. The van der Waals surface area contributed by atoms with Gasteiger partial charge in [0, 0.05) is 42.7 Å². The van der Waals surface area contributed by atoms with Gasteiger partial charge in [-0.3, -0.25) is 15.0 Å². The monoisotopic (exact) mass is 414 g/mol. The highest BCUT2D eigenvalue weighted by Gasteiger charge is 2.30. The molecule has 6 rings (SSSR count). The van der Waals surface area contributed by atoms with Crippen LogP contribution in [-0.2, 0) is 12.8 Å². The Morgan fingerprint density at radius 2 is 1.12 bits per heavy atom. The van der Waals surface area contributed by atoms with Crippen molar-refractivity contribution >= 4 is 23.3 Å². The van der Waals surface area contributed by atoms with Crippen LogP contribution in [0.2, 0.25) is 0 Å². The molecule has 4 heterocycles. The minimum atomic E-state index is 0.995. The Bertz CT molecular complexity index is 1260. The molecular weight excluding hydrogens is 392 g/mol. The predicted molar refractivity (Wildman–Crippen MR) is 128 cm³/mol. The van der Waals surface area contributed by atoms with Gasteiger partial charge in [-0.05, 0) is 95.0 Å². The van der Waals surface area contributed by atoms with Crippen molar-refractivity contribution in [2.45, 2.75) is 25.7 Å². The summed E-state index contributed by atoms with van der Waals surface area (Å²) in [6.07, 6.45) is 19.8. The van der Waals surface area contributed by atoms with E-state index in [2.05, 4.69) is 45.3 Å². The van der Waals surface area contributed by atoms with Gasteiger partial charge in [-0.1, -0.05) is 18.2 Å². The van der Waals surface area contributed by atoms with E-state index in [-0.39, 0.29) is 0 Å². The van der Waals surface area contributed by atoms with E-state index in [9.17, 15) is 0 Å². The van der Waals surface area contributed by atoms with Crippen molar-refractivity contribution in [3.8, 4) is 11.1 Å². The molecule has 0 aromatic carbocycles. The highest BCUT2D eigenvalue weighted by atomic mass is 14.8. The normalized spacial score (nSPS) is 17.0. The zero-order valence-electron chi connectivity index (χ0n) is 17.7. The molecule has 0 fully saturated rings. The molecule has 0 unspecified atom stereocenters. The minimum Gasteiger partial charge on any atom is -0.264 e. The number of hydrogen-bond acceptors (Lipinski definition) is 4. The van der Waals surface area contributed by atoms with Crippen LogP contribution in [0.4, 0.5) is 0 Å². The van der Waals surface area contributed by atoms with Crippen LogP contribution in [0, 0.1) is 0 Å². The summed E-state index contributed by atoms with van der Waals surface area (Å²) < 4.78 is 0. The average molecular weight is 415 g/mol. The van der Waals surface area contributed by atoms with Crippen LogP contribution < -0.4 is 0 Å². The van der Waals surface area contributed by atoms with Gasteiger partial charge in [-0.2, -0.15) is 0 Å². The van der Waals surface area contributed by atoms with Crippen molar-refractivity contribution in [2.24, 2.45) is 0 Å². The van der Waals surface area contributed by atoms with E-state index in [1.807, 2.05) is 55.4 Å². The van der Waals surface area contributed by atoms with Gasteiger partial charge in [0.15, 0.2) is 0 Å². The Balaban J connectivity index is 1.56. The number of rotatable bonds is 3. The maximum Gasteiger partial charge on any atom is 0.0707 e. The maximum absolute atomic E-state index is 5.28. The highest BCUT2D eigenvalue weighted by molar-refractivity contribution is 5.93. The number of hydrogen-bond donors (Lipinski definition) is 0. The third-order valence-electron chi connectivity index (χ3n) is 6.30. The quantitative estimate of drug-likeness (QED) is 0.418. The number of nitrogens with zero attached hydrogens (tertiary/aromatic N) is 4. The van der Waals surface area contributed by atoms with E-state index in [1.165, 1.54) is 33.4 Å². The second-order valence-corrected chi connectivity index (χ2v) is 8.29. The molecule has 0 aliphatic heterocycles. The van der Waals surface area contributed by atoms with Gasteiger partial charge in [0.25, 0.3) is 0 Å². The third kappa shape index (κ3) is 3.34. The molecule has 4 aromatic heterocycles. The number of aromatic nitrogens is 4. The van der Waals surface area contributed by atoms with E-state index in [0.717, 1.165) is 48.2 Å². The molecule has 32 heavy (non-hydrogen) atoms. The summed E-state index contributed by atoms with van der Waals surface area (Å²) in [7, 11) is 0. The Labute approximate surface area is 187 Å². The van der Waals surface area contributed by atoms with E-state index in [0.29, 0.717) is 0 Å². The molecule has 0 radical (unpaired) electrons. The lowest BCUT2D eigenvalue weighted by molar-refractivity contribution is 1.04. The summed E-state index contributed by atoms with van der Waals surface area (Å²) in [5, 5.41) is 0. The summed E-state index contributed by atoms with van der Waals surface area (Å²) in [4.78, 5) is 18.2. The highest BCUT2D eigenvalue weighted by Crippen LogP contribution is 2.46. The Hall–Kier alpha value is -3.92. The van der Waals surface area contributed by atoms with E-state index >= 15 is 0 Å². The molecule has 0 bridgehead atoms. The van der Waals surface area contributed by atoms with Crippen molar-refractivity contribution in [1.82, 2.24) is 19.9 Å². The predicted octanol–water partition coefficient (Wildman–Crippen LogP) is 5.91. The molecule has 0 spiro atoms. The largest absolute Gasteiger partial charge is 0.264 e. The summed E-state index contributed by atoms with van der Waals surface area (Å²) >= 11 is 0. The van der Waals surface area contributed by atoms with Gasteiger partial charge < -0.3 is 0 Å². The van der Waals surface area contributed by atoms with Gasteiger partial charge in [-0.25, -0.2) is 4.98 Å². The zero-order valence-corrected chi connectivity index (χ0v) is 17.7. The summed E-state index contributed by atoms with van der Waals surface area (Å²) in [5.41, 5.74) is 12.3. The fourth-order valence-electron chi connectivity index (χ4n) is 4.91. The van der Waals surface area contributed by atoms with Crippen molar-refractivity contribution in [1.29, 1.82) is 0 Å². The zero-order chi connectivity index (χ0) is 21.3. The molecule has 0 N–H and O–H groups in total. The molecule has 0 saturated heterocycles. The molecule has 0 atom stereocenters. The van der Waals surface area contributed by atoms with Gasteiger partial charge in [-0.15, -0.1) is 0 Å². The van der Waals surface area contributed by atoms with Gasteiger partial charge in [0.1, 0.15) is 0 Å². The molecule has 2 aliphatic rings. The van der Waals surface area contributed by atoms with E-state index in [4.69, 9.17) is 4.98 Å². The van der Waals surface area contributed by atoms with Crippen LogP contribution in [0.15, 0.2) is 73.6 Å². The van der Waals surface area contributed by atoms with E-state index < -0.39 is 0 Å². The van der Waals surface area contributed by atoms with Crippen LogP contribution in [0.5, 0.6) is 0 Å². The lowest BCUT2D eigenvalue weighted by atomic mass is 9.94. The van der Waals surface area contributed by atoms with Gasteiger partial charge >= 0.3 is 0 Å². The second-order valence-electron chi connectivity index (χ2n) is 8.29. The summed E-state index contributed by atoms with van der Waals surface area (Å²) in [5.74, 6) is 0. The van der Waals surface area contributed by atoms with Crippen LogP contribution in [0.1, 0.15) is 46.5 Å². The maximum atomic E-state index is 5.28. The first-order chi connectivity index (χ1) is 15.9. The molecular formula is C28H22N4. The van der Waals surface area contributed by atoms with E-state index in [1.54, 1.807) is 0 Å². The Morgan fingerprint density at radius 1 is 0.594 bits per heavy atom. The van der Waals surface area contributed by atoms with Gasteiger partial charge in [0.05, 0.1) is 11.4 Å². The van der Waals surface area contributed by atoms with Crippen molar-refractivity contribution in [3.05, 3.63) is 107 Å². The molecule has 4 aromatic rings. The van der Waals surface area contributed by atoms with Crippen LogP contribution in [-0.4, -0.2) is 19.9 Å². The summed E-state index contributed by atoms with van der Waals surface area (Å²) in [6, 6.07) is 12.4. The first-order valence-corrected chi connectivity index (χ1v) is 11.0. The fourth-order valence-corrected chi connectivity index (χ4v) is 4.91. The molecule has 0 amide bonds. The van der Waals surface area contributed by atoms with Gasteiger partial charge in [0.2, 0.25) is 0 Å². The molecule has 4 nitrogen and oxygen atoms in total. The minimum absolute atomic E-state index is 0.995. The lowest BCUT2D eigenvalue weighted by Gasteiger charge is -2.14. The van der Waals surface area contributed by atoms with Crippen molar-refractivity contribution < 1.29 is 0 Å². The molecule has 2 aliphatic carbocycles. The topological polar surface area (TPSA) is 51.6 Å². The first kappa shape index (κ1) is 18.8. The smallest absolute Gasteiger partial charge is 0.0707 e. The van der Waals surface area contributed by atoms with Crippen molar-refractivity contribution in [3.63, 3.8) is 0 Å². The van der Waals surface area contributed by atoms with Crippen molar-refractivity contribution in [2.75, 3.05) is 0 Å². The molecule has 4 heteroatoms. The van der Waals surface area contributed by atoms with Crippen LogP contribution in [0.3, 0.4) is 0 Å². The Morgan fingerprint density at radius 3 is 1.59 bits per heavy atom. The molecule has 0 saturated carbocycles. The lowest BCUT2D eigenvalue weighted by Crippen LogP contribution is -2.01. The Kier molecular flexibility index (Phi) is 4.69. The fraction of sp³-hybridized carbons (Fsp3) is 0.143. The van der Waals surface area contributed by atoms with Crippen LogP contribution >= 0.6 is 0 Å². The number of pyridine rings is 4. The second kappa shape index (κ2) is 7.97. The average Bonchev–Trinajstić information content (AvgIpc) is 3.44. The third-order valence-corrected chi connectivity index (χ3v) is 6.30. The summed E-state index contributed by atoms with van der Waals surface area (Å²) in [6.45, 7) is 0. The number of allylic oxidation sites excluding steroid dienone is 2. The standard InChI is InChI=1S/C28H22N4/c1-4-19(16-29-11-1)14-21-7-9-24-26(23-6-3-13-31-18-23)25-10-8-22(28(25)32-27(21)24)15-20-5-2-12-30-17-20/h1-6,11-18H,7-10H2/b21-14+,22-15+.